The van der Waals surface area contributed by atoms with Gasteiger partial charge in [-0.3, -0.25) is 0 Å². The van der Waals surface area contributed by atoms with Gasteiger partial charge in [-0.2, -0.15) is 0 Å². The first-order chi connectivity index (χ1) is 18.3. The molecule has 2 N–H and O–H groups in total. The molecule has 0 bridgehead atoms. The SMILES string of the molecule is CC(C)(C)[Si](O[C@@H]1CC[C@@H](COCc2ccccc2)O[C@H]1[C@H](O)CCO)(c1ccccc1)c1ccccc1. The second-order valence-corrected chi connectivity index (χ2v) is 15.5. The predicted molar refractivity (Wildman–Crippen MR) is 154 cm³/mol. The predicted octanol–water partition coefficient (Wildman–Crippen LogP) is 4.44. The van der Waals surface area contributed by atoms with Gasteiger partial charge in [-0.25, -0.2) is 0 Å². The van der Waals surface area contributed by atoms with Crippen LogP contribution in [0, 0.1) is 0 Å². The molecule has 5 nitrogen and oxygen atoms in total. The minimum atomic E-state index is -2.82. The lowest BCUT2D eigenvalue weighted by atomic mass is 9.96. The second-order valence-electron chi connectivity index (χ2n) is 11.2. The fraction of sp³-hybridized carbons (Fsp3) is 0.438. The number of aliphatic hydroxyl groups excluding tert-OH is 2. The molecule has 3 aromatic rings. The van der Waals surface area contributed by atoms with Crippen LogP contribution in [0.15, 0.2) is 91.0 Å². The molecule has 204 valence electrons. The van der Waals surface area contributed by atoms with Crippen LogP contribution in [0.2, 0.25) is 5.04 Å². The van der Waals surface area contributed by atoms with Crippen molar-refractivity contribution in [3.8, 4) is 0 Å². The number of ether oxygens (including phenoxy) is 2. The highest BCUT2D eigenvalue weighted by atomic mass is 28.4. The van der Waals surface area contributed by atoms with Crippen molar-refractivity contribution in [2.24, 2.45) is 0 Å². The molecule has 0 radical (unpaired) electrons. The van der Waals surface area contributed by atoms with Gasteiger partial charge in [-0.1, -0.05) is 112 Å². The molecule has 1 aliphatic heterocycles. The summed E-state index contributed by atoms with van der Waals surface area (Å²) in [5.41, 5.74) is 1.12. The molecular weight excluding hydrogens is 492 g/mol. The molecule has 0 unspecified atom stereocenters. The second kappa shape index (κ2) is 13.2. The molecule has 0 aliphatic carbocycles. The first-order valence-corrected chi connectivity index (χ1v) is 15.6. The molecule has 0 saturated carbocycles. The molecule has 6 heteroatoms. The summed E-state index contributed by atoms with van der Waals surface area (Å²) in [6, 6.07) is 31.2. The normalized spacial score (nSPS) is 21.2. The molecular formula is C32H42O5Si. The van der Waals surface area contributed by atoms with Gasteiger partial charge in [0.25, 0.3) is 8.32 Å². The maximum atomic E-state index is 11.1. The summed E-state index contributed by atoms with van der Waals surface area (Å²) in [5.74, 6) is 0. The first kappa shape index (κ1) is 28.7. The topological polar surface area (TPSA) is 68.2 Å². The van der Waals surface area contributed by atoms with Crippen LogP contribution in [-0.2, 0) is 20.5 Å². The third kappa shape index (κ3) is 6.62. The lowest BCUT2D eigenvalue weighted by Gasteiger charge is -2.48. The van der Waals surface area contributed by atoms with Crippen molar-refractivity contribution in [3.63, 3.8) is 0 Å². The molecule has 0 spiro atoms. The van der Waals surface area contributed by atoms with Gasteiger partial charge in [-0.15, -0.1) is 0 Å². The third-order valence-electron chi connectivity index (χ3n) is 7.45. The standard InChI is InChI=1S/C32H42O5Si/c1-32(2,3)38(27-15-9-5-10-16-27,28-17-11-6-12-18-28)37-30-20-19-26(36-31(30)29(34)21-22-33)24-35-23-25-13-7-4-8-14-25/h4-18,26,29-31,33-34H,19-24H2,1-3H3/t26-,29+,30+,31-/m0/s1. The van der Waals surface area contributed by atoms with E-state index in [1.165, 1.54) is 10.4 Å². The van der Waals surface area contributed by atoms with Gasteiger partial charge in [0.1, 0.15) is 6.10 Å². The minimum absolute atomic E-state index is 0.109. The van der Waals surface area contributed by atoms with Gasteiger partial charge >= 0.3 is 0 Å². The van der Waals surface area contributed by atoms with Crippen LogP contribution in [0.4, 0.5) is 0 Å². The highest BCUT2D eigenvalue weighted by Crippen LogP contribution is 2.40. The van der Waals surface area contributed by atoms with Crippen molar-refractivity contribution in [1.29, 1.82) is 0 Å². The number of hydrogen-bond donors (Lipinski definition) is 2. The van der Waals surface area contributed by atoms with Gasteiger partial charge < -0.3 is 24.1 Å². The van der Waals surface area contributed by atoms with Gasteiger partial charge in [0, 0.05) is 6.61 Å². The van der Waals surface area contributed by atoms with E-state index in [1.807, 2.05) is 42.5 Å². The maximum Gasteiger partial charge on any atom is 0.261 e. The fourth-order valence-electron chi connectivity index (χ4n) is 5.58. The van der Waals surface area contributed by atoms with Crippen LogP contribution in [0.1, 0.15) is 45.6 Å². The first-order valence-electron chi connectivity index (χ1n) is 13.7. The Labute approximate surface area is 228 Å². The van der Waals surface area contributed by atoms with Crippen molar-refractivity contribution in [2.45, 2.75) is 76.1 Å². The third-order valence-corrected chi connectivity index (χ3v) is 12.5. The summed E-state index contributed by atoms with van der Waals surface area (Å²) in [6.45, 7) is 7.62. The Kier molecular flexibility index (Phi) is 9.93. The number of hydrogen-bond acceptors (Lipinski definition) is 5. The average Bonchev–Trinajstić information content (AvgIpc) is 2.93. The molecule has 1 aliphatic rings. The van der Waals surface area contributed by atoms with Crippen molar-refractivity contribution in [2.75, 3.05) is 13.2 Å². The van der Waals surface area contributed by atoms with E-state index in [0.29, 0.717) is 13.2 Å². The van der Waals surface area contributed by atoms with Crippen LogP contribution in [0.3, 0.4) is 0 Å². The Morgan fingerprint density at radius 3 is 1.95 bits per heavy atom. The number of benzene rings is 3. The molecule has 1 heterocycles. The molecule has 0 amide bonds. The Morgan fingerprint density at radius 1 is 0.868 bits per heavy atom. The van der Waals surface area contributed by atoms with E-state index < -0.39 is 20.5 Å². The molecule has 1 saturated heterocycles. The van der Waals surface area contributed by atoms with Gasteiger partial charge in [-0.05, 0) is 40.2 Å². The van der Waals surface area contributed by atoms with Crippen LogP contribution < -0.4 is 10.4 Å². The molecule has 1 fully saturated rings. The van der Waals surface area contributed by atoms with E-state index in [1.54, 1.807) is 0 Å². The Bertz CT molecular complexity index is 1050. The van der Waals surface area contributed by atoms with E-state index in [2.05, 4.69) is 69.3 Å². The number of aliphatic hydroxyl groups is 2. The number of rotatable bonds is 11. The van der Waals surface area contributed by atoms with E-state index in [0.717, 1.165) is 18.4 Å². The van der Waals surface area contributed by atoms with Crippen molar-refractivity contribution in [1.82, 2.24) is 0 Å². The van der Waals surface area contributed by atoms with Crippen LogP contribution in [0.5, 0.6) is 0 Å². The quantitative estimate of drug-likeness (QED) is 0.356. The van der Waals surface area contributed by atoms with E-state index in [9.17, 15) is 10.2 Å². The molecule has 4 rings (SSSR count). The van der Waals surface area contributed by atoms with Crippen molar-refractivity contribution >= 4 is 18.7 Å². The zero-order valence-electron chi connectivity index (χ0n) is 22.8. The van der Waals surface area contributed by atoms with Gasteiger partial charge in [0.05, 0.1) is 31.5 Å². The highest BCUT2D eigenvalue weighted by Gasteiger charge is 2.53. The molecule has 0 aromatic heterocycles. The van der Waals surface area contributed by atoms with Crippen molar-refractivity contribution in [3.05, 3.63) is 96.6 Å². The lowest BCUT2D eigenvalue weighted by Crippen LogP contribution is -2.69. The summed E-state index contributed by atoms with van der Waals surface area (Å²) in [4.78, 5) is 0. The fourth-order valence-corrected chi connectivity index (χ4v) is 10.3. The van der Waals surface area contributed by atoms with Crippen molar-refractivity contribution < 1.29 is 24.1 Å². The zero-order chi connectivity index (χ0) is 27.0. The summed E-state index contributed by atoms with van der Waals surface area (Å²) in [7, 11) is -2.82. The summed E-state index contributed by atoms with van der Waals surface area (Å²) in [6.07, 6.45) is -0.0767. The monoisotopic (exact) mass is 534 g/mol. The highest BCUT2D eigenvalue weighted by molar-refractivity contribution is 6.99. The summed E-state index contributed by atoms with van der Waals surface area (Å²) >= 11 is 0. The Hall–Kier alpha value is -2.32. The largest absolute Gasteiger partial charge is 0.402 e. The maximum absolute atomic E-state index is 11.1. The average molecular weight is 535 g/mol. The minimum Gasteiger partial charge on any atom is -0.402 e. The van der Waals surface area contributed by atoms with Crippen LogP contribution in [0.25, 0.3) is 0 Å². The smallest absolute Gasteiger partial charge is 0.261 e. The van der Waals surface area contributed by atoms with Gasteiger partial charge in [0.2, 0.25) is 0 Å². The van der Waals surface area contributed by atoms with Crippen LogP contribution in [-0.4, -0.2) is 56.2 Å². The Balaban J connectivity index is 1.60. The summed E-state index contributed by atoms with van der Waals surface area (Å²) in [5, 5.41) is 23.0. The van der Waals surface area contributed by atoms with E-state index in [-0.39, 0.29) is 30.3 Å². The molecule has 38 heavy (non-hydrogen) atoms. The van der Waals surface area contributed by atoms with E-state index in [4.69, 9.17) is 13.9 Å². The lowest BCUT2D eigenvalue weighted by molar-refractivity contribution is -0.172. The van der Waals surface area contributed by atoms with E-state index >= 15 is 0 Å². The zero-order valence-corrected chi connectivity index (χ0v) is 23.8. The molecule has 4 atom stereocenters. The Morgan fingerprint density at radius 2 is 1.42 bits per heavy atom. The molecule has 3 aromatic carbocycles. The van der Waals surface area contributed by atoms with Gasteiger partial charge in [0.15, 0.2) is 0 Å². The van der Waals surface area contributed by atoms with Crippen LogP contribution >= 0.6 is 0 Å². The summed E-state index contributed by atoms with van der Waals surface area (Å²) < 4.78 is 19.8.